The maximum Gasteiger partial charge on any atom is 0.255 e. The molecule has 2 aromatic heterocycles. The van der Waals surface area contributed by atoms with Crippen LogP contribution in [0.1, 0.15) is 42.5 Å². The molecule has 5 rings (SSSR count). The van der Waals surface area contributed by atoms with Gasteiger partial charge in [0.05, 0.1) is 16.6 Å². The summed E-state index contributed by atoms with van der Waals surface area (Å²) in [4.78, 5) is 23.7. The zero-order valence-corrected chi connectivity index (χ0v) is 14.8. The van der Waals surface area contributed by atoms with Gasteiger partial charge in [0, 0.05) is 19.3 Å². The zero-order valence-electron chi connectivity index (χ0n) is 14.8. The van der Waals surface area contributed by atoms with Crippen LogP contribution in [0.25, 0.3) is 16.9 Å². The van der Waals surface area contributed by atoms with E-state index < -0.39 is 0 Å². The van der Waals surface area contributed by atoms with E-state index in [0.29, 0.717) is 11.0 Å². The lowest BCUT2D eigenvalue weighted by molar-refractivity contribution is 0.0286. The number of hydrogen-bond donors (Lipinski definition) is 0. The molecule has 1 aliphatic heterocycles. The number of carbonyl (C=O) groups is 1. The van der Waals surface area contributed by atoms with Crippen molar-refractivity contribution >= 4 is 16.9 Å². The Bertz CT molecular complexity index is 946. The lowest BCUT2D eigenvalue weighted by atomic mass is 9.63. The lowest BCUT2D eigenvalue weighted by Crippen LogP contribution is -2.45. The van der Waals surface area contributed by atoms with E-state index in [9.17, 15) is 4.79 Å². The molecule has 1 saturated heterocycles. The number of pyridine rings is 1. The minimum absolute atomic E-state index is 0.105. The summed E-state index contributed by atoms with van der Waals surface area (Å²) in [6, 6.07) is 11.7. The molecular formula is C21H22N4O. The predicted octanol–water partition coefficient (Wildman–Crippen LogP) is 3.83. The number of nitrogens with zero attached hydrogens (tertiary/aromatic N) is 4. The molecule has 5 heteroatoms. The highest BCUT2D eigenvalue weighted by molar-refractivity contribution is 5.94. The summed E-state index contributed by atoms with van der Waals surface area (Å²) >= 11 is 0. The average Bonchev–Trinajstić information content (AvgIpc) is 3.11. The Morgan fingerprint density at radius 3 is 2.46 bits per heavy atom. The number of piperidine rings is 1. The van der Waals surface area contributed by atoms with Crippen LogP contribution in [0.2, 0.25) is 0 Å². The molecule has 0 atom stereocenters. The molecule has 1 amide bonds. The second-order valence-corrected chi connectivity index (χ2v) is 7.65. The van der Waals surface area contributed by atoms with Gasteiger partial charge in [-0.25, -0.2) is 9.97 Å². The van der Waals surface area contributed by atoms with Crippen LogP contribution in [0.15, 0.2) is 48.9 Å². The highest BCUT2D eigenvalue weighted by atomic mass is 16.2. The van der Waals surface area contributed by atoms with Crippen LogP contribution in [0.5, 0.6) is 0 Å². The normalized spacial score (nSPS) is 18.8. The molecule has 26 heavy (non-hydrogen) atoms. The highest BCUT2D eigenvalue weighted by Crippen LogP contribution is 2.48. The van der Waals surface area contributed by atoms with E-state index >= 15 is 0 Å². The van der Waals surface area contributed by atoms with Crippen molar-refractivity contribution in [1.29, 1.82) is 0 Å². The molecule has 5 nitrogen and oxygen atoms in total. The van der Waals surface area contributed by atoms with E-state index in [1.165, 1.54) is 19.3 Å². The summed E-state index contributed by atoms with van der Waals surface area (Å²) in [6.07, 6.45) is 9.85. The Hall–Kier alpha value is -2.69. The van der Waals surface area contributed by atoms with Gasteiger partial charge in [0.1, 0.15) is 12.1 Å². The predicted molar refractivity (Wildman–Crippen MR) is 100 cm³/mol. The van der Waals surface area contributed by atoms with E-state index in [2.05, 4.69) is 9.97 Å². The number of carbonyl (C=O) groups excluding carboxylic acids is 1. The summed E-state index contributed by atoms with van der Waals surface area (Å²) in [7, 11) is 0. The Morgan fingerprint density at radius 2 is 1.77 bits per heavy atom. The number of hydrogen-bond acceptors (Lipinski definition) is 3. The fourth-order valence-corrected chi connectivity index (χ4v) is 4.34. The lowest BCUT2D eigenvalue weighted by Gasteiger charge is -2.48. The SMILES string of the molecule is O=C(c1ccc(-n2cnc3ccccc32)nc1)N1CCC2(CCC2)CC1. The Kier molecular flexibility index (Phi) is 3.55. The molecule has 2 fully saturated rings. The smallest absolute Gasteiger partial charge is 0.255 e. The molecule has 0 unspecified atom stereocenters. The van der Waals surface area contributed by atoms with Crippen molar-refractivity contribution in [2.45, 2.75) is 32.1 Å². The molecule has 3 heterocycles. The summed E-state index contributed by atoms with van der Waals surface area (Å²) in [5.41, 5.74) is 3.18. The first-order valence-corrected chi connectivity index (χ1v) is 9.42. The summed E-state index contributed by atoms with van der Waals surface area (Å²) in [5, 5.41) is 0. The van der Waals surface area contributed by atoms with Crippen LogP contribution >= 0.6 is 0 Å². The van der Waals surface area contributed by atoms with Crippen molar-refractivity contribution in [2.24, 2.45) is 5.41 Å². The second kappa shape index (κ2) is 5.94. The number of amides is 1. The standard InChI is InChI=1S/C21H22N4O/c26-20(24-12-10-21(11-13-24)8-3-9-21)16-6-7-19(22-14-16)25-15-23-17-4-1-2-5-18(17)25/h1-2,4-7,14-15H,3,8-13H2. The molecule has 1 saturated carbocycles. The van der Waals surface area contributed by atoms with Crippen LogP contribution in [0.3, 0.4) is 0 Å². The van der Waals surface area contributed by atoms with Gasteiger partial charge in [0.25, 0.3) is 5.91 Å². The molecule has 1 aliphatic carbocycles. The minimum atomic E-state index is 0.105. The number of likely N-dealkylation sites (tertiary alicyclic amines) is 1. The Morgan fingerprint density at radius 1 is 0.962 bits per heavy atom. The monoisotopic (exact) mass is 346 g/mol. The van der Waals surface area contributed by atoms with E-state index in [-0.39, 0.29) is 5.91 Å². The van der Waals surface area contributed by atoms with Crippen molar-refractivity contribution < 1.29 is 4.79 Å². The van der Waals surface area contributed by atoms with E-state index in [1.54, 1.807) is 12.5 Å². The maximum absolute atomic E-state index is 12.8. The molecule has 3 aromatic rings. The van der Waals surface area contributed by atoms with Gasteiger partial charge in [-0.05, 0) is 55.4 Å². The van der Waals surface area contributed by atoms with Gasteiger partial charge >= 0.3 is 0 Å². The number of para-hydroxylation sites is 2. The fraction of sp³-hybridized carbons (Fsp3) is 0.381. The van der Waals surface area contributed by atoms with Gasteiger partial charge in [0.15, 0.2) is 0 Å². The number of rotatable bonds is 2. The average molecular weight is 346 g/mol. The van der Waals surface area contributed by atoms with Crippen molar-refractivity contribution in [3.05, 3.63) is 54.5 Å². The molecule has 132 valence electrons. The molecule has 1 aromatic carbocycles. The fourth-order valence-electron chi connectivity index (χ4n) is 4.34. The third kappa shape index (κ3) is 2.50. The summed E-state index contributed by atoms with van der Waals surface area (Å²) in [5.74, 6) is 0.885. The molecule has 2 aliphatic rings. The number of imidazole rings is 1. The van der Waals surface area contributed by atoms with Gasteiger partial charge in [0.2, 0.25) is 0 Å². The molecule has 0 N–H and O–H groups in total. The number of fused-ring (bicyclic) bond motifs is 1. The zero-order chi connectivity index (χ0) is 17.6. The molecule has 1 spiro atoms. The topological polar surface area (TPSA) is 51.0 Å². The van der Waals surface area contributed by atoms with Crippen LogP contribution in [-0.2, 0) is 0 Å². The highest BCUT2D eigenvalue weighted by Gasteiger charge is 2.40. The van der Waals surface area contributed by atoms with Crippen molar-refractivity contribution in [3.8, 4) is 5.82 Å². The van der Waals surface area contributed by atoms with Crippen LogP contribution in [0, 0.1) is 5.41 Å². The van der Waals surface area contributed by atoms with Crippen LogP contribution in [0.4, 0.5) is 0 Å². The largest absolute Gasteiger partial charge is 0.339 e. The molecule has 0 radical (unpaired) electrons. The van der Waals surface area contributed by atoms with Gasteiger partial charge in [-0.2, -0.15) is 0 Å². The summed E-state index contributed by atoms with van der Waals surface area (Å²) < 4.78 is 1.95. The Balaban J connectivity index is 1.34. The quantitative estimate of drug-likeness (QED) is 0.709. The summed E-state index contributed by atoms with van der Waals surface area (Å²) in [6.45, 7) is 1.76. The minimum Gasteiger partial charge on any atom is -0.339 e. The first-order chi connectivity index (χ1) is 12.7. The first-order valence-electron chi connectivity index (χ1n) is 9.42. The van der Waals surface area contributed by atoms with Crippen LogP contribution < -0.4 is 0 Å². The number of aromatic nitrogens is 3. The maximum atomic E-state index is 12.8. The van der Waals surface area contributed by atoms with Crippen molar-refractivity contribution in [3.63, 3.8) is 0 Å². The first kappa shape index (κ1) is 15.6. The third-order valence-corrected chi connectivity index (χ3v) is 6.22. The van der Waals surface area contributed by atoms with Crippen molar-refractivity contribution in [2.75, 3.05) is 13.1 Å². The van der Waals surface area contributed by atoms with E-state index in [1.807, 2.05) is 45.9 Å². The van der Waals surface area contributed by atoms with Crippen molar-refractivity contribution in [1.82, 2.24) is 19.4 Å². The van der Waals surface area contributed by atoms with Crippen LogP contribution in [-0.4, -0.2) is 38.4 Å². The molecular weight excluding hydrogens is 324 g/mol. The third-order valence-electron chi connectivity index (χ3n) is 6.22. The molecule has 0 bridgehead atoms. The van der Waals surface area contributed by atoms with Gasteiger partial charge in [-0.15, -0.1) is 0 Å². The van der Waals surface area contributed by atoms with Gasteiger partial charge < -0.3 is 4.90 Å². The van der Waals surface area contributed by atoms with Gasteiger partial charge in [-0.3, -0.25) is 9.36 Å². The Labute approximate surface area is 152 Å². The van der Waals surface area contributed by atoms with E-state index in [0.717, 1.165) is 42.8 Å². The number of benzene rings is 1. The van der Waals surface area contributed by atoms with E-state index in [4.69, 9.17) is 0 Å². The second-order valence-electron chi connectivity index (χ2n) is 7.65. The van der Waals surface area contributed by atoms with Gasteiger partial charge in [-0.1, -0.05) is 18.6 Å².